The molecular weight excluding hydrogens is 118 g/mol. The Hall–Kier alpha value is 0.0500. The fraction of sp³-hybridized carbons (Fsp3) is 0.667. The molecule has 0 aromatic carbocycles. The van der Waals surface area contributed by atoms with Crippen molar-refractivity contribution < 1.29 is 0 Å². The molecule has 0 amide bonds. The molecule has 0 aliphatic rings. The second kappa shape index (κ2) is 3.98. The van der Waals surface area contributed by atoms with Crippen LogP contribution in [0.3, 0.4) is 0 Å². The molecule has 0 rings (SSSR count). The van der Waals surface area contributed by atoms with E-state index in [0.717, 1.165) is 0 Å². The molecule has 8 heavy (non-hydrogen) atoms. The van der Waals surface area contributed by atoms with Gasteiger partial charge in [0.1, 0.15) is 0 Å². The summed E-state index contributed by atoms with van der Waals surface area (Å²) in [5, 5.41) is 0.468. The van der Waals surface area contributed by atoms with Crippen LogP contribution in [0.5, 0.6) is 0 Å². The highest BCUT2D eigenvalue weighted by Crippen LogP contribution is 2.08. The minimum atomic E-state index is 0.468. The predicted octanol–water partition coefficient (Wildman–Crippen LogP) is 1.42. The van der Waals surface area contributed by atoms with E-state index in [0.29, 0.717) is 5.37 Å². The normalized spacial score (nSPS) is 14.0. The summed E-state index contributed by atoms with van der Waals surface area (Å²) in [4.78, 5) is 2.12. The highest BCUT2D eigenvalue weighted by molar-refractivity contribution is 7.99. The number of rotatable bonds is 3. The second-order valence-electron chi connectivity index (χ2n) is 1.83. The first-order valence-electron chi connectivity index (χ1n) is 2.54. The maximum absolute atomic E-state index is 3.69. The van der Waals surface area contributed by atoms with Crippen LogP contribution in [0, 0.1) is 0 Å². The van der Waals surface area contributed by atoms with E-state index in [1.54, 1.807) is 11.8 Å². The van der Waals surface area contributed by atoms with Gasteiger partial charge in [0.2, 0.25) is 0 Å². The van der Waals surface area contributed by atoms with Crippen LogP contribution in [-0.4, -0.2) is 30.6 Å². The average molecular weight is 131 g/mol. The molecule has 1 atom stereocenters. The Bertz CT molecular complexity index is 70.9. The standard InChI is InChI=1S/C6H13NS/c1-5-6(8-4)7(2)3/h5-6H,1H2,2-4H3. The Kier molecular flexibility index (Phi) is 4.01. The summed E-state index contributed by atoms with van der Waals surface area (Å²) >= 11 is 1.79. The largest absolute Gasteiger partial charge is 0.294 e. The molecule has 0 saturated carbocycles. The van der Waals surface area contributed by atoms with E-state index in [4.69, 9.17) is 0 Å². The second-order valence-corrected chi connectivity index (χ2v) is 2.78. The highest BCUT2D eigenvalue weighted by atomic mass is 32.2. The lowest BCUT2D eigenvalue weighted by molar-refractivity contribution is 0.428. The van der Waals surface area contributed by atoms with Gasteiger partial charge in [-0.3, -0.25) is 4.90 Å². The zero-order valence-corrected chi connectivity index (χ0v) is 6.53. The molecular formula is C6H13NS. The summed E-state index contributed by atoms with van der Waals surface area (Å²) in [7, 11) is 4.09. The maximum atomic E-state index is 3.69. The third-order valence-electron chi connectivity index (χ3n) is 0.952. The van der Waals surface area contributed by atoms with Gasteiger partial charge in [0.05, 0.1) is 5.37 Å². The first-order valence-corrected chi connectivity index (χ1v) is 3.83. The van der Waals surface area contributed by atoms with Crippen LogP contribution in [0.1, 0.15) is 0 Å². The highest BCUT2D eigenvalue weighted by Gasteiger charge is 2.00. The van der Waals surface area contributed by atoms with E-state index in [2.05, 4.69) is 17.7 Å². The lowest BCUT2D eigenvalue weighted by Crippen LogP contribution is -2.21. The average Bonchev–Trinajstić information content (AvgIpc) is 1.69. The molecule has 1 unspecified atom stereocenters. The van der Waals surface area contributed by atoms with E-state index in [1.807, 2.05) is 20.2 Å². The van der Waals surface area contributed by atoms with Crippen molar-refractivity contribution in [2.75, 3.05) is 20.4 Å². The Morgan fingerprint density at radius 1 is 1.62 bits per heavy atom. The van der Waals surface area contributed by atoms with Crippen LogP contribution in [0.25, 0.3) is 0 Å². The van der Waals surface area contributed by atoms with Crippen LogP contribution in [0.2, 0.25) is 0 Å². The van der Waals surface area contributed by atoms with Gasteiger partial charge in [-0.1, -0.05) is 6.08 Å². The fourth-order valence-electron chi connectivity index (χ4n) is 0.518. The van der Waals surface area contributed by atoms with Gasteiger partial charge >= 0.3 is 0 Å². The van der Waals surface area contributed by atoms with Crippen LogP contribution >= 0.6 is 11.8 Å². The van der Waals surface area contributed by atoms with Crippen molar-refractivity contribution in [2.45, 2.75) is 5.37 Å². The van der Waals surface area contributed by atoms with Gasteiger partial charge in [0.25, 0.3) is 0 Å². The third kappa shape index (κ3) is 2.38. The number of nitrogens with zero attached hydrogens (tertiary/aromatic N) is 1. The monoisotopic (exact) mass is 131 g/mol. The first kappa shape index (κ1) is 8.05. The first-order chi connectivity index (χ1) is 3.72. The van der Waals surface area contributed by atoms with E-state index in [9.17, 15) is 0 Å². The number of hydrogen-bond acceptors (Lipinski definition) is 2. The van der Waals surface area contributed by atoms with E-state index in [-0.39, 0.29) is 0 Å². The smallest absolute Gasteiger partial charge is 0.0733 e. The van der Waals surface area contributed by atoms with Crippen molar-refractivity contribution in [3.63, 3.8) is 0 Å². The van der Waals surface area contributed by atoms with Gasteiger partial charge in [-0.05, 0) is 20.4 Å². The van der Waals surface area contributed by atoms with Crippen molar-refractivity contribution in [2.24, 2.45) is 0 Å². The van der Waals surface area contributed by atoms with Crippen molar-refractivity contribution in [3.8, 4) is 0 Å². The van der Waals surface area contributed by atoms with Gasteiger partial charge < -0.3 is 0 Å². The minimum absolute atomic E-state index is 0.468. The molecule has 1 nitrogen and oxygen atoms in total. The lowest BCUT2D eigenvalue weighted by Gasteiger charge is -2.17. The minimum Gasteiger partial charge on any atom is -0.294 e. The molecule has 0 aromatic heterocycles. The molecule has 0 aliphatic carbocycles. The Balaban J connectivity index is 3.51. The molecule has 0 bridgehead atoms. The Morgan fingerprint density at radius 3 is 2.12 bits per heavy atom. The van der Waals surface area contributed by atoms with E-state index >= 15 is 0 Å². The van der Waals surface area contributed by atoms with Crippen molar-refractivity contribution >= 4 is 11.8 Å². The molecule has 2 heteroatoms. The van der Waals surface area contributed by atoms with E-state index < -0.39 is 0 Å². The van der Waals surface area contributed by atoms with Gasteiger partial charge in [0.15, 0.2) is 0 Å². The van der Waals surface area contributed by atoms with Gasteiger partial charge in [0, 0.05) is 0 Å². The molecule has 0 aliphatic heterocycles. The van der Waals surface area contributed by atoms with Crippen LogP contribution < -0.4 is 0 Å². The maximum Gasteiger partial charge on any atom is 0.0733 e. The summed E-state index contributed by atoms with van der Waals surface area (Å²) in [5.74, 6) is 0. The lowest BCUT2D eigenvalue weighted by atomic mass is 10.6. The number of likely N-dealkylation sites (N-methyl/N-ethyl adjacent to an activating group) is 1. The zero-order chi connectivity index (χ0) is 6.57. The fourth-order valence-corrected chi connectivity index (χ4v) is 1.13. The topological polar surface area (TPSA) is 3.24 Å². The SMILES string of the molecule is C=CC(SC)N(C)C. The third-order valence-corrected chi connectivity index (χ3v) is 2.05. The number of thioether (sulfide) groups is 1. The molecule has 0 aromatic rings. The summed E-state index contributed by atoms with van der Waals surface area (Å²) in [6.45, 7) is 3.69. The Labute approximate surface area is 55.8 Å². The van der Waals surface area contributed by atoms with Crippen molar-refractivity contribution in [1.29, 1.82) is 0 Å². The zero-order valence-electron chi connectivity index (χ0n) is 5.72. The molecule has 48 valence electrons. The summed E-state index contributed by atoms with van der Waals surface area (Å²) in [6, 6.07) is 0. The quantitative estimate of drug-likeness (QED) is 0.421. The van der Waals surface area contributed by atoms with Crippen LogP contribution in [0.15, 0.2) is 12.7 Å². The molecule has 0 radical (unpaired) electrons. The molecule has 0 saturated heterocycles. The molecule has 0 fully saturated rings. The van der Waals surface area contributed by atoms with E-state index in [1.165, 1.54) is 0 Å². The van der Waals surface area contributed by atoms with Gasteiger partial charge in [-0.2, -0.15) is 0 Å². The summed E-state index contributed by atoms with van der Waals surface area (Å²) in [5.41, 5.74) is 0. The Morgan fingerprint density at radius 2 is 2.12 bits per heavy atom. The van der Waals surface area contributed by atoms with Crippen LogP contribution in [-0.2, 0) is 0 Å². The van der Waals surface area contributed by atoms with Gasteiger partial charge in [-0.15, -0.1) is 18.3 Å². The molecule has 0 N–H and O–H groups in total. The summed E-state index contributed by atoms with van der Waals surface area (Å²) in [6.07, 6.45) is 4.01. The molecule has 0 heterocycles. The van der Waals surface area contributed by atoms with Crippen molar-refractivity contribution in [3.05, 3.63) is 12.7 Å². The molecule has 0 spiro atoms. The number of hydrogen-bond donors (Lipinski definition) is 0. The van der Waals surface area contributed by atoms with Crippen molar-refractivity contribution in [1.82, 2.24) is 4.90 Å². The summed E-state index contributed by atoms with van der Waals surface area (Å²) < 4.78 is 0. The van der Waals surface area contributed by atoms with Gasteiger partial charge in [-0.25, -0.2) is 0 Å². The van der Waals surface area contributed by atoms with Crippen LogP contribution in [0.4, 0.5) is 0 Å². The predicted molar refractivity (Wildman–Crippen MR) is 41.2 cm³/mol.